The molecular weight excluding hydrogens is 1020 g/mol. The summed E-state index contributed by atoms with van der Waals surface area (Å²) in [7, 11) is 0. The summed E-state index contributed by atoms with van der Waals surface area (Å²) >= 11 is 1.76. The lowest BCUT2D eigenvalue weighted by atomic mass is 9.86. The molecule has 8 heteroatoms. The van der Waals surface area contributed by atoms with E-state index in [4.69, 9.17) is 4.42 Å². The highest BCUT2D eigenvalue weighted by atomic mass is 32.1. The Morgan fingerprint density at radius 1 is 0.378 bits per heavy atom. The van der Waals surface area contributed by atoms with Gasteiger partial charge in [0, 0.05) is 69.3 Å². The lowest BCUT2D eigenvalue weighted by Gasteiger charge is -2.27. The Morgan fingerprint density at radius 3 is 1.43 bits per heavy atom. The van der Waals surface area contributed by atoms with E-state index in [1.54, 1.807) is 11.3 Å². The van der Waals surface area contributed by atoms with Crippen molar-refractivity contribution in [1.29, 1.82) is 10.5 Å². The van der Waals surface area contributed by atoms with E-state index in [1.165, 1.54) is 15.6 Å². The second-order valence-corrected chi connectivity index (χ2v) is 24.1. The monoisotopic (exact) mass is 1070 g/mol. The van der Waals surface area contributed by atoms with Gasteiger partial charge in [-0.25, -0.2) is 0 Å². The molecule has 0 N–H and O–H groups in total. The predicted molar refractivity (Wildman–Crippen MR) is 342 cm³/mol. The summed E-state index contributed by atoms with van der Waals surface area (Å²) in [6, 6.07) is 77.3. The Balaban J connectivity index is 1.22. The first-order valence-electron chi connectivity index (χ1n) is 27.9. The smallest absolute Gasteiger partial charge is 0.160 e. The van der Waals surface area contributed by atoms with E-state index in [2.05, 4.69) is 253 Å². The number of nitrogens with zero attached hydrogens (tertiary/aromatic N) is 6. The second kappa shape index (κ2) is 16.6. The van der Waals surface area contributed by atoms with E-state index in [1.807, 2.05) is 12.1 Å². The van der Waals surface area contributed by atoms with Crippen LogP contribution in [-0.2, 0) is 5.41 Å². The van der Waals surface area contributed by atoms with Crippen molar-refractivity contribution in [3.05, 3.63) is 228 Å². The molecule has 0 saturated carbocycles. The summed E-state index contributed by atoms with van der Waals surface area (Å²) in [5.74, 6) is 0. The molecular formula is C74H48N6OS. The van der Waals surface area contributed by atoms with E-state index < -0.39 is 0 Å². The summed E-state index contributed by atoms with van der Waals surface area (Å²) in [4.78, 5) is 0. The highest BCUT2D eigenvalue weighted by molar-refractivity contribution is 7.26. The first-order valence-corrected chi connectivity index (χ1v) is 28.7. The molecule has 17 rings (SSSR count). The number of hydrogen-bond acceptors (Lipinski definition) is 4. The molecule has 6 heterocycles. The number of hydrogen-bond donors (Lipinski definition) is 0. The van der Waals surface area contributed by atoms with E-state index in [-0.39, 0.29) is 5.41 Å². The Hall–Kier alpha value is -10.4. The molecule has 0 unspecified atom stereocenters. The van der Waals surface area contributed by atoms with E-state index >= 15 is 0 Å². The highest BCUT2D eigenvalue weighted by Crippen LogP contribution is 2.52. The SMILES string of the molecule is Cc1cc2c3ccc4c5ccccc5sc4c3n(-c3c(C#N)c(-n4c5ccccc5c5ccccc54)c(-n4c5ccc(C(C)(C)C)cc5c5ccc6c7ccccc7oc6c54)c(-n4c5ccccc5c5ccccc54)c3C#N)c2cc1C. The van der Waals surface area contributed by atoms with Gasteiger partial charge in [0.1, 0.15) is 28.8 Å². The number of nitriles is 2. The largest absolute Gasteiger partial charge is 0.454 e. The number of thiophene rings is 1. The Bertz CT molecular complexity index is 5550. The van der Waals surface area contributed by atoms with Crippen LogP contribution < -0.4 is 0 Å². The van der Waals surface area contributed by atoms with Gasteiger partial charge >= 0.3 is 0 Å². The van der Waals surface area contributed by atoms with Crippen LogP contribution in [0.15, 0.2) is 205 Å². The predicted octanol–water partition coefficient (Wildman–Crippen LogP) is 20.0. The molecule has 0 radical (unpaired) electrons. The molecule has 386 valence electrons. The normalized spacial score (nSPS) is 12.4. The fourth-order valence-corrected chi connectivity index (χ4v) is 15.1. The van der Waals surface area contributed by atoms with Gasteiger partial charge in [0.05, 0.1) is 71.6 Å². The van der Waals surface area contributed by atoms with Gasteiger partial charge in [0.2, 0.25) is 0 Å². The number of furan rings is 1. The van der Waals surface area contributed by atoms with Crippen LogP contribution in [-0.4, -0.2) is 18.3 Å². The van der Waals surface area contributed by atoms with Gasteiger partial charge in [-0.05, 0) is 103 Å². The summed E-state index contributed by atoms with van der Waals surface area (Å²) in [5, 5.41) is 38.4. The lowest BCUT2D eigenvalue weighted by Crippen LogP contribution is -2.17. The zero-order valence-corrected chi connectivity index (χ0v) is 46.4. The average Bonchev–Trinajstić information content (AvgIpc) is 4.29. The van der Waals surface area contributed by atoms with Crippen LogP contribution in [0.2, 0.25) is 0 Å². The van der Waals surface area contributed by atoms with Crippen molar-refractivity contribution in [1.82, 2.24) is 18.3 Å². The fourth-order valence-electron chi connectivity index (χ4n) is 13.9. The van der Waals surface area contributed by atoms with Gasteiger partial charge in [-0.15, -0.1) is 11.3 Å². The summed E-state index contributed by atoms with van der Waals surface area (Å²) in [6.45, 7) is 11.1. The van der Waals surface area contributed by atoms with E-state index in [9.17, 15) is 10.5 Å². The molecule has 0 aliphatic heterocycles. The molecule has 82 heavy (non-hydrogen) atoms. The molecule has 0 aliphatic rings. The van der Waals surface area contributed by atoms with Crippen molar-refractivity contribution < 1.29 is 4.42 Å². The van der Waals surface area contributed by atoms with Crippen molar-refractivity contribution in [3.63, 3.8) is 0 Å². The van der Waals surface area contributed by atoms with Crippen molar-refractivity contribution in [2.24, 2.45) is 0 Å². The summed E-state index contributed by atoms with van der Waals surface area (Å²) in [6.07, 6.45) is 0. The minimum absolute atomic E-state index is 0.184. The Kier molecular flexibility index (Phi) is 9.42. The third-order valence-electron chi connectivity index (χ3n) is 17.7. The third kappa shape index (κ3) is 6.06. The van der Waals surface area contributed by atoms with E-state index in [0.717, 1.165) is 130 Å². The second-order valence-electron chi connectivity index (χ2n) is 23.1. The van der Waals surface area contributed by atoms with Crippen LogP contribution in [0.5, 0.6) is 0 Å². The van der Waals surface area contributed by atoms with Crippen LogP contribution in [0.1, 0.15) is 48.6 Å². The number of benzene rings is 11. The molecule has 17 aromatic rings. The molecule has 6 aromatic heterocycles. The average molecular weight is 1070 g/mol. The quantitative estimate of drug-likeness (QED) is 0.176. The number of rotatable bonds is 4. The van der Waals surface area contributed by atoms with Gasteiger partial charge in [-0.2, -0.15) is 10.5 Å². The van der Waals surface area contributed by atoms with Crippen molar-refractivity contribution in [3.8, 4) is 34.9 Å². The maximum atomic E-state index is 12.9. The summed E-state index contributed by atoms with van der Waals surface area (Å²) < 4.78 is 18.7. The van der Waals surface area contributed by atoms with Crippen LogP contribution in [0.25, 0.3) is 152 Å². The fraction of sp³-hybridized carbons (Fsp3) is 0.0811. The Labute approximate surface area is 474 Å². The van der Waals surface area contributed by atoms with Crippen molar-refractivity contribution in [2.75, 3.05) is 0 Å². The first-order chi connectivity index (χ1) is 40.1. The molecule has 0 saturated heterocycles. The van der Waals surface area contributed by atoms with Crippen LogP contribution >= 0.6 is 11.3 Å². The number of aromatic nitrogens is 4. The molecule has 0 bridgehead atoms. The van der Waals surface area contributed by atoms with Crippen LogP contribution in [0.3, 0.4) is 0 Å². The molecule has 0 aliphatic carbocycles. The van der Waals surface area contributed by atoms with Gasteiger partial charge in [-0.3, -0.25) is 0 Å². The van der Waals surface area contributed by atoms with Gasteiger partial charge < -0.3 is 22.7 Å². The maximum absolute atomic E-state index is 12.9. The Morgan fingerprint density at radius 2 is 0.841 bits per heavy atom. The topological polar surface area (TPSA) is 80.4 Å². The minimum atomic E-state index is -0.184. The maximum Gasteiger partial charge on any atom is 0.160 e. The van der Waals surface area contributed by atoms with Crippen molar-refractivity contribution >= 4 is 141 Å². The molecule has 11 aromatic carbocycles. The number of para-hydroxylation sites is 5. The number of fused-ring (bicyclic) bond motifs is 20. The van der Waals surface area contributed by atoms with Gasteiger partial charge in [0.15, 0.2) is 5.58 Å². The van der Waals surface area contributed by atoms with Gasteiger partial charge in [0.25, 0.3) is 0 Å². The molecule has 0 atom stereocenters. The van der Waals surface area contributed by atoms with E-state index in [0.29, 0.717) is 33.9 Å². The first kappa shape index (κ1) is 46.5. The lowest BCUT2D eigenvalue weighted by molar-refractivity contribution is 0.591. The summed E-state index contributed by atoms with van der Waals surface area (Å²) in [5.41, 5.74) is 15.3. The van der Waals surface area contributed by atoms with Crippen LogP contribution in [0.4, 0.5) is 0 Å². The third-order valence-corrected chi connectivity index (χ3v) is 18.9. The highest BCUT2D eigenvalue weighted by Gasteiger charge is 2.36. The number of aryl methyl sites for hydroxylation is 2. The minimum Gasteiger partial charge on any atom is -0.454 e. The zero-order chi connectivity index (χ0) is 55.0. The zero-order valence-electron chi connectivity index (χ0n) is 45.6. The molecule has 0 fully saturated rings. The van der Waals surface area contributed by atoms with Crippen molar-refractivity contribution in [2.45, 2.75) is 40.0 Å². The molecule has 7 nitrogen and oxygen atoms in total. The molecule has 0 spiro atoms. The van der Waals surface area contributed by atoms with Gasteiger partial charge in [-0.1, -0.05) is 154 Å². The van der Waals surface area contributed by atoms with Crippen LogP contribution in [0, 0.1) is 36.5 Å². The standard InChI is InChI=1S/C74H48N6OS/c1-41-36-54-51-32-34-53-49-23-11-17-29-65(49)82-73(53)70(51)80(63(54)37-42(41)2)66-56(39-75)67(77-58-24-12-6-18-44(58)45-19-7-13-25-59(45)77)71(68(57(66)40-76)78-60-26-14-8-20-46(60)47-21-9-15-27-61(47)78)79-62-35-30-43(74(3,4)5)38-55(62)50-31-33-52-48-22-10-16-28-64(48)81-72(52)69(50)79/h6-38H,1-5H3. The molecule has 0 amide bonds.